The third-order valence-corrected chi connectivity index (χ3v) is 4.19. The third kappa shape index (κ3) is 7.42. The summed E-state index contributed by atoms with van der Waals surface area (Å²) in [7, 11) is 0. The van der Waals surface area contributed by atoms with Crippen LogP contribution in [-0.4, -0.2) is 85.4 Å². The summed E-state index contributed by atoms with van der Waals surface area (Å²) in [6.45, 7) is 3.67. The smallest absolute Gasteiger partial charge is 0.325 e. The predicted molar refractivity (Wildman–Crippen MR) is 103 cm³/mol. The second kappa shape index (κ2) is 11.2. The summed E-state index contributed by atoms with van der Waals surface area (Å²) >= 11 is 0. The topological polar surface area (TPSA) is 220 Å². The molecule has 3 amide bonds. The maximum atomic E-state index is 12.5. The number of aliphatic hydroxyl groups is 2. The largest absolute Gasteiger partial charge is 0.480 e. The van der Waals surface area contributed by atoms with Gasteiger partial charge in [-0.2, -0.15) is 0 Å². The quantitative estimate of drug-likeness (QED) is 0.176. The van der Waals surface area contributed by atoms with Crippen LogP contribution in [0.15, 0.2) is 12.5 Å². The van der Waals surface area contributed by atoms with E-state index in [2.05, 4.69) is 25.9 Å². The van der Waals surface area contributed by atoms with Crippen molar-refractivity contribution in [3.05, 3.63) is 18.2 Å². The van der Waals surface area contributed by atoms with E-state index in [1.165, 1.54) is 33.3 Å². The fourth-order valence-corrected chi connectivity index (χ4v) is 2.40. The van der Waals surface area contributed by atoms with Crippen LogP contribution in [0.2, 0.25) is 0 Å². The fraction of sp³-hybridized carbons (Fsp3) is 0.588. The summed E-state index contributed by atoms with van der Waals surface area (Å²) in [6, 6.07) is -5.30. The molecule has 0 radical (unpaired) electrons. The second-order valence-electron chi connectivity index (χ2n) is 6.91. The van der Waals surface area contributed by atoms with Crippen molar-refractivity contribution in [1.29, 1.82) is 0 Å². The van der Waals surface area contributed by atoms with Gasteiger partial charge in [0.25, 0.3) is 0 Å². The number of imidazole rings is 1. The third-order valence-electron chi connectivity index (χ3n) is 4.19. The second-order valence-corrected chi connectivity index (χ2v) is 6.91. The molecule has 0 fully saturated rings. The van der Waals surface area contributed by atoms with E-state index in [0.29, 0.717) is 5.69 Å². The molecule has 0 spiro atoms. The van der Waals surface area contributed by atoms with Crippen LogP contribution in [0.25, 0.3) is 0 Å². The molecule has 1 rings (SSSR count). The first-order valence-corrected chi connectivity index (χ1v) is 9.16. The molecule has 0 saturated carbocycles. The molecule has 1 aromatic rings. The maximum absolute atomic E-state index is 12.5. The molecule has 6 unspecified atom stereocenters. The average Bonchev–Trinajstić information content (AvgIpc) is 3.15. The van der Waals surface area contributed by atoms with Crippen molar-refractivity contribution in [2.45, 2.75) is 63.6 Å². The minimum atomic E-state index is -1.52. The van der Waals surface area contributed by atoms with Crippen LogP contribution >= 0.6 is 0 Å². The van der Waals surface area contributed by atoms with Gasteiger partial charge in [0, 0.05) is 18.3 Å². The van der Waals surface area contributed by atoms with Gasteiger partial charge in [0.05, 0.1) is 24.6 Å². The van der Waals surface area contributed by atoms with E-state index >= 15 is 0 Å². The van der Waals surface area contributed by atoms with Gasteiger partial charge in [0.1, 0.15) is 18.1 Å². The lowest BCUT2D eigenvalue weighted by Crippen LogP contribution is -2.61. The molecule has 0 aliphatic carbocycles. The van der Waals surface area contributed by atoms with E-state index in [1.54, 1.807) is 0 Å². The van der Waals surface area contributed by atoms with Crippen molar-refractivity contribution < 1.29 is 34.5 Å². The van der Waals surface area contributed by atoms with Crippen LogP contribution in [0.4, 0.5) is 0 Å². The van der Waals surface area contributed by atoms with Crippen LogP contribution in [0.5, 0.6) is 0 Å². The Bertz CT molecular complexity index is 737. The molecule has 0 saturated heterocycles. The summed E-state index contributed by atoms with van der Waals surface area (Å²) in [4.78, 5) is 54.5. The Kier molecular flexibility index (Phi) is 9.36. The molecule has 1 heterocycles. The Labute approximate surface area is 172 Å². The summed E-state index contributed by atoms with van der Waals surface area (Å²) < 4.78 is 0. The first-order chi connectivity index (χ1) is 13.9. The van der Waals surface area contributed by atoms with Crippen molar-refractivity contribution in [3.8, 4) is 0 Å². The lowest BCUT2D eigenvalue weighted by Gasteiger charge is -2.27. The highest BCUT2D eigenvalue weighted by atomic mass is 16.4. The fourth-order valence-electron chi connectivity index (χ4n) is 2.40. The molecule has 168 valence electrons. The highest BCUT2D eigenvalue weighted by molar-refractivity contribution is 5.94. The van der Waals surface area contributed by atoms with Crippen molar-refractivity contribution in [3.63, 3.8) is 0 Å². The van der Waals surface area contributed by atoms with E-state index in [-0.39, 0.29) is 6.42 Å². The number of aliphatic hydroxyl groups excluding tert-OH is 2. The van der Waals surface area contributed by atoms with Crippen LogP contribution < -0.4 is 21.7 Å². The predicted octanol–water partition coefficient (Wildman–Crippen LogP) is -3.40. The minimum absolute atomic E-state index is 0.103. The number of hydrogen-bond donors (Lipinski definition) is 8. The van der Waals surface area contributed by atoms with Crippen molar-refractivity contribution in [2.75, 3.05) is 0 Å². The zero-order valence-corrected chi connectivity index (χ0v) is 16.8. The molecule has 13 nitrogen and oxygen atoms in total. The Morgan fingerprint density at radius 1 is 1.00 bits per heavy atom. The molecule has 13 heteroatoms. The lowest BCUT2D eigenvalue weighted by atomic mass is 10.1. The number of hydrogen-bond acceptors (Lipinski definition) is 8. The van der Waals surface area contributed by atoms with Crippen LogP contribution in [0.1, 0.15) is 26.5 Å². The Morgan fingerprint density at radius 2 is 1.50 bits per heavy atom. The number of nitrogens with zero attached hydrogens (tertiary/aromatic N) is 1. The summed E-state index contributed by atoms with van der Waals surface area (Å²) in [6.07, 6.45) is 0.257. The average molecular weight is 428 g/mol. The highest BCUT2D eigenvalue weighted by Gasteiger charge is 2.33. The van der Waals surface area contributed by atoms with Gasteiger partial charge in [-0.3, -0.25) is 19.2 Å². The van der Waals surface area contributed by atoms with E-state index in [0.717, 1.165) is 0 Å². The Hall–Kier alpha value is -3.03. The van der Waals surface area contributed by atoms with Crippen LogP contribution in [0, 0.1) is 0 Å². The van der Waals surface area contributed by atoms with Gasteiger partial charge >= 0.3 is 5.97 Å². The number of nitrogens with two attached hydrogens (primary N) is 1. The number of carbonyl (C=O) groups is 4. The number of carboxylic acid groups (broad SMARTS) is 1. The lowest BCUT2D eigenvalue weighted by molar-refractivity contribution is -0.142. The van der Waals surface area contributed by atoms with Crippen molar-refractivity contribution >= 4 is 23.7 Å². The summed E-state index contributed by atoms with van der Waals surface area (Å²) in [5.74, 6) is -3.95. The number of aromatic amines is 1. The van der Waals surface area contributed by atoms with E-state index in [4.69, 9.17) is 10.8 Å². The monoisotopic (exact) mass is 428 g/mol. The normalized spacial score (nSPS) is 17.0. The summed E-state index contributed by atoms with van der Waals surface area (Å²) in [5, 5.41) is 35.2. The van der Waals surface area contributed by atoms with Gasteiger partial charge < -0.3 is 42.0 Å². The van der Waals surface area contributed by atoms with Gasteiger partial charge in [0.15, 0.2) is 0 Å². The van der Waals surface area contributed by atoms with Gasteiger partial charge in [-0.15, -0.1) is 0 Å². The van der Waals surface area contributed by atoms with E-state index in [1.807, 2.05) is 0 Å². The van der Waals surface area contributed by atoms with Crippen LogP contribution in [0.3, 0.4) is 0 Å². The number of nitrogens with one attached hydrogen (secondary N) is 4. The first-order valence-electron chi connectivity index (χ1n) is 9.16. The molecular weight excluding hydrogens is 400 g/mol. The number of carbonyl (C=O) groups excluding carboxylic acids is 3. The molecule has 0 aromatic carbocycles. The van der Waals surface area contributed by atoms with Gasteiger partial charge in [-0.1, -0.05) is 0 Å². The SMILES string of the molecule is CC(NC(=O)C(NC(=O)C(NC(=O)C(N)Cc1cnc[nH]1)C(C)O)C(C)O)C(=O)O. The van der Waals surface area contributed by atoms with Crippen molar-refractivity contribution in [1.82, 2.24) is 25.9 Å². The number of aromatic nitrogens is 2. The Balaban J connectivity index is 2.81. The van der Waals surface area contributed by atoms with Gasteiger partial charge in [-0.05, 0) is 20.8 Å². The number of carboxylic acids is 1. The van der Waals surface area contributed by atoms with E-state index in [9.17, 15) is 29.4 Å². The van der Waals surface area contributed by atoms with E-state index < -0.39 is 60.1 Å². The zero-order valence-electron chi connectivity index (χ0n) is 16.8. The molecule has 30 heavy (non-hydrogen) atoms. The molecular formula is C17H28N6O7. The van der Waals surface area contributed by atoms with Crippen molar-refractivity contribution in [2.24, 2.45) is 5.73 Å². The highest BCUT2D eigenvalue weighted by Crippen LogP contribution is 2.02. The van der Waals surface area contributed by atoms with Gasteiger partial charge in [-0.25, -0.2) is 4.98 Å². The minimum Gasteiger partial charge on any atom is -0.480 e. The zero-order chi connectivity index (χ0) is 23.0. The molecule has 0 aliphatic heterocycles. The molecule has 6 atom stereocenters. The molecule has 0 aliphatic rings. The number of rotatable bonds is 11. The van der Waals surface area contributed by atoms with Gasteiger partial charge in [0.2, 0.25) is 17.7 Å². The number of aliphatic carboxylic acids is 1. The first kappa shape index (κ1) is 25.0. The molecule has 0 bridgehead atoms. The Morgan fingerprint density at radius 3 is 1.93 bits per heavy atom. The maximum Gasteiger partial charge on any atom is 0.325 e. The van der Waals surface area contributed by atoms with Crippen LogP contribution in [-0.2, 0) is 25.6 Å². The molecule has 1 aromatic heterocycles. The molecule has 9 N–H and O–H groups in total. The number of H-pyrrole nitrogens is 1. The summed E-state index contributed by atoms with van der Waals surface area (Å²) in [5.41, 5.74) is 6.40. The standard InChI is InChI=1S/C17H28N6O7/c1-7(17(29)30)21-15(27)12(8(2)24)23-16(28)13(9(3)25)22-14(26)11(18)4-10-5-19-6-20-10/h5-9,11-13,24-25H,4,18H2,1-3H3,(H,19,20)(H,21,27)(H,22,26)(H,23,28)(H,29,30). The number of amides is 3.